The number of piperazine rings is 1. The number of carbonyl (C=O) groups excluding carboxylic acids is 1. The molecule has 0 aromatic carbocycles. The monoisotopic (exact) mass is 517 g/mol. The number of allylic oxidation sites excluding steroid dienone is 8. The van der Waals surface area contributed by atoms with E-state index in [4.69, 9.17) is 15.5 Å². The van der Waals surface area contributed by atoms with E-state index in [9.17, 15) is 4.79 Å². The Hall–Kier alpha value is -3.16. The smallest absolute Gasteiger partial charge is 0.245 e. The van der Waals surface area contributed by atoms with Gasteiger partial charge in [-0.1, -0.05) is 48.6 Å². The molecule has 2 saturated heterocycles. The van der Waals surface area contributed by atoms with Crippen LogP contribution in [0.5, 0.6) is 0 Å². The van der Waals surface area contributed by atoms with E-state index < -0.39 is 0 Å². The number of aliphatic imine (C=N–C) groups is 1. The summed E-state index contributed by atoms with van der Waals surface area (Å²) >= 11 is 0. The van der Waals surface area contributed by atoms with Gasteiger partial charge in [-0.15, -0.1) is 0 Å². The van der Waals surface area contributed by atoms with Crippen LogP contribution in [0.1, 0.15) is 33.6 Å². The zero-order chi connectivity index (χ0) is 27.1. The molecule has 2 aliphatic carbocycles. The fourth-order valence-electron chi connectivity index (χ4n) is 5.13. The van der Waals surface area contributed by atoms with Crippen LogP contribution in [0.3, 0.4) is 0 Å². The number of hydrogen-bond donors (Lipinski definition) is 1. The first kappa shape index (κ1) is 27.9. The van der Waals surface area contributed by atoms with E-state index in [1.165, 1.54) is 0 Å². The number of ether oxygens (including phenoxy) is 1. The Labute approximate surface area is 228 Å². The largest absolute Gasteiger partial charge is 0.398 e. The van der Waals surface area contributed by atoms with Gasteiger partial charge in [-0.2, -0.15) is 0 Å². The van der Waals surface area contributed by atoms with Crippen molar-refractivity contribution in [1.82, 2.24) is 14.7 Å². The van der Waals surface area contributed by atoms with Crippen molar-refractivity contribution in [3.63, 3.8) is 0 Å². The van der Waals surface area contributed by atoms with E-state index in [1.807, 2.05) is 44.0 Å². The second-order valence-corrected chi connectivity index (χ2v) is 10.4. The zero-order valence-corrected chi connectivity index (χ0v) is 23.3. The summed E-state index contributed by atoms with van der Waals surface area (Å²) in [7, 11) is 2.04. The second-order valence-electron chi connectivity index (χ2n) is 10.4. The molecule has 0 bridgehead atoms. The third-order valence-corrected chi connectivity index (χ3v) is 7.33. The van der Waals surface area contributed by atoms with E-state index in [2.05, 4.69) is 59.3 Å². The summed E-state index contributed by atoms with van der Waals surface area (Å²) in [5.74, 6) is 1.41. The van der Waals surface area contributed by atoms with Crippen LogP contribution in [0.4, 0.5) is 0 Å². The highest BCUT2D eigenvalue weighted by molar-refractivity contribution is 5.94. The second kappa shape index (κ2) is 13.1. The van der Waals surface area contributed by atoms with Crippen molar-refractivity contribution in [3.8, 4) is 0 Å². The van der Waals surface area contributed by atoms with Crippen LogP contribution in [0, 0.1) is 5.92 Å². The lowest BCUT2D eigenvalue weighted by atomic mass is 9.96. The number of carbonyl (C=O) groups is 1. The van der Waals surface area contributed by atoms with E-state index in [-0.39, 0.29) is 18.0 Å². The summed E-state index contributed by atoms with van der Waals surface area (Å²) < 4.78 is 5.60. The molecule has 2 unspecified atom stereocenters. The quantitative estimate of drug-likeness (QED) is 0.285. The number of morpholine rings is 1. The molecule has 0 saturated carbocycles. The maximum absolute atomic E-state index is 13.7. The summed E-state index contributed by atoms with van der Waals surface area (Å²) in [6.45, 7) is 10.5. The zero-order valence-electron chi connectivity index (χ0n) is 23.3. The Bertz CT molecular complexity index is 1110. The number of hydrogen-bond acceptors (Lipinski definition) is 6. The Balaban J connectivity index is 1.58. The van der Waals surface area contributed by atoms with Crippen LogP contribution in [-0.2, 0) is 9.53 Å². The molecule has 204 valence electrons. The van der Waals surface area contributed by atoms with Crippen molar-refractivity contribution in [1.29, 1.82) is 0 Å². The van der Waals surface area contributed by atoms with E-state index in [1.54, 1.807) is 0 Å². The fourth-order valence-corrected chi connectivity index (χ4v) is 5.13. The predicted molar refractivity (Wildman–Crippen MR) is 155 cm³/mol. The molecule has 4 rings (SSSR count). The van der Waals surface area contributed by atoms with E-state index >= 15 is 0 Å². The molecule has 2 fully saturated rings. The van der Waals surface area contributed by atoms with Crippen molar-refractivity contribution < 1.29 is 9.53 Å². The number of nitrogens with zero attached hydrogens (tertiary/aromatic N) is 4. The summed E-state index contributed by atoms with van der Waals surface area (Å²) in [5, 5.41) is 0. The minimum absolute atomic E-state index is 0.0954. The Morgan fingerprint density at radius 2 is 1.95 bits per heavy atom. The molecule has 2 heterocycles. The number of nitrogens with two attached hydrogens (primary N) is 1. The van der Waals surface area contributed by atoms with Crippen LogP contribution in [0.15, 0.2) is 88.4 Å². The molecule has 0 radical (unpaired) electrons. The average molecular weight is 518 g/mol. The molecule has 7 nitrogen and oxygen atoms in total. The molecular formula is C31H43N5O2. The molecule has 2 N–H and O–H groups in total. The Morgan fingerprint density at radius 1 is 1.18 bits per heavy atom. The van der Waals surface area contributed by atoms with Gasteiger partial charge in [-0.3, -0.25) is 9.69 Å². The van der Waals surface area contributed by atoms with Crippen LogP contribution in [0.25, 0.3) is 0 Å². The molecule has 1 amide bonds. The lowest BCUT2D eigenvalue weighted by Crippen LogP contribution is -2.58. The van der Waals surface area contributed by atoms with Gasteiger partial charge in [0.15, 0.2) is 0 Å². The van der Waals surface area contributed by atoms with Gasteiger partial charge in [0, 0.05) is 43.5 Å². The molecule has 0 aromatic rings. The highest BCUT2D eigenvalue weighted by Gasteiger charge is 2.36. The first-order valence-corrected chi connectivity index (χ1v) is 13.8. The highest BCUT2D eigenvalue weighted by atomic mass is 16.5. The van der Waals surface area contributed by atoms with Gasteiger partial charge in [0.2, 0.25) is 5.91 Å². The van der Waals surface area contributed by atoms with Crippen LogP contribution < -0.4 is 5.73 Å². The summed E-state index contributed by atoms with van der Waals surface area (Å²) in [5.41, 5.74) is 10.1. The minimum Gasteiger partial charge on any atom is -0.398 e. The van der Waals surface area contributed by atoms with Gasteiger partial charge in [0.1, 0.15) is 11.9 Å². The van der Waals surface area contributed by atoms with Crippen molar-refractivity contribution >= 4 is 11.6 Å². The lowest BCUT2D eigenvalue weighted by molar-refractivity contribution is -0.140. The van der Waals surface area contributed by atoms with Gasteiger partial charge in [0.05, 0.1) is 19.3 Å². The van der Waals surface area contributed by atoms with Crippen molar-refractivity contribution in [2.45, 2.75) is 45.7 Å². The van der Waals surface area contributed by atoms with Crippen molar-refractivity contribution in [2.75, 3.05) is 46.4 Å². The topological polar surface area (TPSA) is 74.4 Å². The molecule has 0 aromatic heterocycles. The molecule has 2 atom stereocenters. The molecule has 0 spiro atoms. The van der Waals surface area contributed by atoms with Crippen molar-refractivity contribution in [3.05, 3.63) is 83.4 Å². The van der Waals surface area contributed by atoms with Gasteiger partial charge in [-0.05, 0) is 64.0 Å². The predicted octanol–water partition coefficient (Wildman–Crippen LogP) is 3.96. The third kappa shape index (κ3) is 7.23. The Morgan fingerprint density at radius 3 is 2.61 bits per heavy atom. The number of rotatable bonds is 9. The first-order chi connectivity index (χ1) is 18.4. The van der Waals surface area contributed by atoms with Crippen LogP contribution >= 0.6 is 0 Å². The first-order valence-electron chi connectivity index (χ1n) is 13.8. The number of likely N-dealkylation sites (N-methyl/N-ethyl adjacent to an activating group) is 1. The molecule has 4 aliphatic rings. The van der Waals surface area contributed by atoms with Crippen LogP contribution in [0.2, 0.25) is 0 Å². The maximum Gasteiger partial charge on any atom is 0.245 e. The summed E-state index contributed by atoms with van der Waals surface area (Å²) in [4.78, 5) is 25.1. The summed E-state index contributed by atoms with van der Waals surface area (Å²) in [6, 6.07) is -0.323. The van der Waals surface area contributed by atoms with Gasteiger partial charge >= 0.3 is 0 Å². The standard InChI is InChI=1S/C31H43N5O2/c1-5-9-27(22-25-12-13-25)28(32)20-23(2)33-29(35-16-18-38-19-17-35)21-24(3)36-15-14-34(4)30(31(36)37)26-10-7-6-8-11-26/h5,7,9-13,20-22,24-25,30H,6,8,14-19,32H2,1-4H3/b9-5-,27-22+,28-20-,29-21+,33-23+. The Kier molecular flexibility index (Phi) is 9.58. The normalized spacial score (nSPS) is 25.4. The van der Waals surface area contributed by atoms with E-state index in [0.29, 0.717) is 31.4 Å². The maximum atomic E-state index is 13.7. The molecule has 38 heavy (non-hydrogen) atoms. The van der Waals surface area contributed by atoms with Crippen LogP contribution in [-0.4, -0.2) is 84.8 Å². The highest BCUT2D eigenvalue weighted by Crippen LogP contribution is 2.25. The number of amides is 1. The van der Waals surface area contributed by atoms with Gasteiger partial charge in [-0.25, -0.2) is 4.99 Å². The molecular weight excluding hydrogens is 474 g/mol. The van der Waals surface area contributed by atoms with Gasteiger partial charge in [0.25, 0.3) is 0 Å². The van der Waals surface area contributed by atoms with Gasteiger partial charge < -0.3 is 20.3 Å². The average Bonchev–Trinajstić information content (AvgIpc) is 3.73. The molecule has 2 aliphatic heterocycles. The molecule has 7 heteroatoms. The van der Waals surface area contributed by atoms with Crippen molar-refractivity contribution in [2.24, 2.45) is 16.6 Å². The summed E-state index contributed by atoms with van der Waals surface area (Å²) in [6.07, 6.45) is 23.1. The fraction of sp³-hybridized carbons (Fsp3) is 0.484. The SMILES string of the molecule is C\C=C/C(=C\C1C=C1)C(/N)=C/C(C)=N/C(=C\C(C)N1CCN(C)C(C2=CCCC=C2)C1=O)N1CCOCC1. The van der Waals surface area contributed by atoms with E-state index in [0.717, 1.165) is 55.2 Å². The third-order valence-electron chi connectivity index (χ3n) is 7.33. The minimum atomic E-state index is -0.228. The lowest BCUT2D eigenvalue weighted by Gasteiger charge is -2.42.